The first-order chi connectivity index (χ1) is 8.79. The zero-order valence-electron chi connectivity index (χ0n) is 11.4. The molecule has 0 unspecified atom stereocenters. The molecule has 1 heterocycles. The fraction of sp³-hybridized carbons (Fsp3) is 0.643. The van der Waals surface area contributed by atoms with Gasteiger partial charge in [-0.15, -0.1) is 0 Å². The Hall–Kier alpha value is -1.45. The van der Waals surface area contributed by atoms with Crippen LogP contribution in [0.1, 0.15) is 37.8 Å². The maximum atomic E-state index is 4.30. The van der Waals surface area contributed by atoms with Gasteiger partial charge in [0.15, 0.2) is 5.96 Å². The van der Waals surface area contributed by atoms with Crippen molar-refractivity contribution in [1.82, 2.24) is 15.2 Å². The van der Waals surface area contributed by atoms with Crippen LogP contribution >= 0.6 is 0 Å². The Morgan fingerprint density at radius 2 is 2.17 bits per heavy atom. The second-order valence-corrected chi connectivity index (χ2v) is 5.02. The van der Waals surface area contributed by atoms with Gasteiger partial charge in [-0.1, -0.05) is 19.3 Å². The molecule has 1 aliphatic carbocycles. The lowest BCUT2D eigenvalue weighted by atomic mass is 9.96. The van der Waals surface area contributed by atoms with Crippen LogP contribution < -0.4 is 10.6 Å². The summed E-state index contributed by atoms with van der Waals surface area (Å²) in [7, 11) is 3.90. The summed E-state index contributed by atoms with van der Waals surface area (Å²) in [5.41, 5.74) is 1.27. The van der Waals surface area contributed by atoms with Gasteiger partial charge in [-0.05, 0) is 25.0 Å². The molecule has 0 amide bonds. The second kappa shape index (κ2) is 6.47. The van der Waals surface area contributed by atoms with Crippen LogP contribution in [0.5, 0.6) is 0 Å². The van der Waals surface area contributed by atoms with E-state index in [0.717, 1.165) is 12.5 Å². The van der Waals surface area contributed by atoms with Gasteiger partial charge >= 0.3 is 0 Å². The van der Waals surface area contributed by atoms with Crippen LogP contribution in [0.15, 0.2) is 23.3 Å². The molecule has 0 bridgehead atoms. The molecule has 0 aliphatic heterocycles. The molecule has 1 saturated carbocycles. The number of nitrogens with zero attached hydrogens (tertiary/aromatic N) is 2. The van der Waals surface area contributed by atoms with Gasteiger partial charge in [-0.2, -0.15) is 0 Å². The number of aryl methyl sites for hydroxylation is 1. The van der Waals surface area contributed by atoms with Gasteiger partial charge in [0.1, 0.15) is 0 Å². The summed E-state index contributed by atoms with van der Waals surface area (Å²) < 4.78 is 2.13. The van der Waals surface area contributed by atoms with E-state index in [-0.39, 0.29) is 0 Å². The van der Waals surface area contributed by atoms with Crippen LogP contribution in [0.25, 0.3) is 0 Å². The van der Waals surface area contributed by atoms with Crippen molar-refractivity contribution < 1.29 is 0 Å². The summed E-state index contributed by atoms with van der Waals surface area (Å²) in [4.78, 5) is 4.30. The van der Waals surface area contributed by atoms with Crippen molar-refractivity contribution in [3.63, 3.8) is 0 Å². The highest BCUT2D eigenvalue weighted by Crippen LogP contribution is 2.17. The third-order valence-corrected chi connectivity index (χ3v) is 3.66. The smallest absolute Gasteiger partial charge is 0.191 e. The van der Waals surface area contributed by atoms with Gasteiger partial charge in [0.05, 0.1) is 6.54 Å². The largest absolute Gasteiger partial charge is 0.354 e. The fourth-order valence-electron chi connectivity index (χ4n) is 2.49. The normalized spacial score (nSPS) is 17.8. The van der Waals surface area contributed by atoms with Crippen molar-refractivity contribution >= 4 is 5.96 Å². The van der Waals surface area contributed by atoms with Crippen molar-refractivity contribution in [3.05, 3.63) is 24.0 Å². The Morgan fingerprint density at radius 3 is 2.78 bits per heavy atom. The highest BCUT2D eigenvalue weighted by molar-refractivity contribution is 5.79. The van der Waals surface area contributed by atoms with Crippen molar-refractivity contribution in [1.29, 1.82) is 0 Å². The third kappa shape index (κ3) is 3.52. The number of hydrogen-bond acceptors (Lipinski definition) is 1. The molecule has 0 spiro atoms. The van der Waals surface area contributed by atoms with Gasteiger partial charge in [0.25, 0.3) is 0 Å². The van der Waals surface area contributed by atoms with E-state index in [1.807, 2.05) is 7.05 Å². The maximum absolute atomic E-state index is 4.30. The van der Waals surface area contributed by atoms with Gasteiger partial charge < -0.3 is 15.2 Å². The monoisotopic (exact) mass is 248 g/mol. The zero-order valence-corrected chi connectivity index (χ0v) is 11.4. The number of rotatable bonds is 3. The van der Waals surface area contributed by atoms with Gasteiger partial charge in [-0.3, -0.25) is 4.99 Å². The van der Waals surface area contributed by atoms with Crippen LogP contribution in [0.4, 0.5) is 0 Å². The molecule has 18 heavy (non-hydrogen) atoms. The quantitative estimate of drug-likeness (QED) is 0.635. The molecule has 4 heteroatoms. The summed E-state index contributed by atoms with van der Waals surface area (Å²) in [6.07, 6.45) is 8.66. The molecule has 1 aliphatic rings. The summed E-state index contributed by atoms with van der Waals surface area (Å²) >= 11 is 0. The second-order valence-electron chi connectivity index (χ2n) is 5.02. The van der Waals surface area contributed by atoms with E-state index in [0.29, 0.717) is 6.04 Å². The maximum Gasteiger partial charge on any atom is 0.191 e. The first-order valence-corrected chi connectivity index (χ1v) is 6.87. The molecule has 0 aromatic carbocycles. The van der Waals surface area contributed by atoms with Gasteiger partial charge in [0, 0.05) is 32.0 Å². The highest BCUT2D eigenvalue weighted by Gasteiger charge is 2.14. The lowest BCUT2D eigenvalue weighted by Crippen LogP contribution is -2.44. The minimum absolute atomic E-state index is 0.596. The van der Waals surface area contributed by atoms with E-state index in [1.165, 1.54) is 37.8 Å². The van der Waals surface area contributed by atoms with Crippen LogP contribution in [0.3, 0.4) is 0 Å². The van der Waals surface area contributed by atoms with Crippen LogP contribution in [0, 0.1) is 0 Å². The predicted octanol–water partition coefficient (Wildman–Crippen LogP) is 2.02. The molecule has 100 valence electrons. The van der Waals surface area contributed by atoms with Crippen molar-refractivity contribution in [3.8, 4) is 0 Å². The molecule has 2 N–H and O–H groups in total. The Labute approximate surface area is 109 Å². The van der Waals surface area contributed by atoms with Crippen LogP contribution in [-0.4, -0.2) is 23.6 Å². The van der Waals surface area contributed by atoms with E-state index in [4.69, 9.17) is 0 Å². The summed E-state index contributed by atoms with van der Waals surface area (Å²) in [6.45, 7) is 0.815. The van der Waals surface area contributed by atoms with Crippen molar-refractivity contribution in [2.75, 3.05) is 7.05 Å². The molecule has 0 atom stereocenters. The van der Waals surface area contributed by atoms with E-state index in [2.05, 4.69) is 45.6 Å². The summed E-state index contributed by atoms with van der Waals surface area (Å²) in [5.74, 6) is 0.920. The number of guanidine groups is 1. The summed E-state index contributed by atoms with van der Waals surface area (Å²) in [5, 5.41) is 6.90. The number of aliphatic imine (C=N–C) groups is 1. The SMILES string of the molecule is CN=C(NCc1cccn1C)NC1CCCCC1. The van der Waals surface area contributed by atoms with Gasteiger partial charge in [0.2, 0.25) is 0 Å². The minimum Gasteiger partial charge on any atom is -0.354 e. The molecule has 0 radical (unpaired) electrons. The van der Waals surface area contributed by atoms with Crippen LogP contribution in [-0.2, 0) is 13.6 Å². The average molecular weight is 248 g/mol. The first kappa shape index (κ1) is 13.0. The summed E-state index contributed by atoms with van der Waals surface area (Å²) in [6, 6.07) is 4.79. The first-order valence-electron chi connectivity index (χ1n) is 6.87. The zero-order chi connectivity index (χ0) is 12.8. The van der Waals surface area contributed by atoms with E-state index in [9.17, 15) is 0 Å². The highest BCUT2D eigenvalue weighted by atomic mass is 15.2. The van der Waals surface area contributed by atoms with Crippen molar-refractivity contribution in [2.24, 2.45) is 12.0 Å². The van der Waals surface area contributed by atoms with Crippen LogP contribution in [0.2, 0.25) is 0 Å². The Balaban J connectivity index is 1.80. The molecular formula is C14H24N4. The minimum atomic E-state index is 0.596. The molecule has 1 aromatic rings. The topological polar surface area (TPSA) is 41.4 Å². The third-order valence-electron chi connectivity index (χ3n) is 3.66. The Bertz CT molecular complexity index is 388. The number of aromatic nitrogens is 1. The molecule has 4 nitrogen and oxygen atoms in total. The molecule has 2 rings (SSSR count). The standard InChI is InChI=1S/C14H24N4/c1-15-14(17-12-7-4-3-5-8-12)16-11-13-9-6-10-18(13)2/h6,9-10,12H,3-5,7-8,11H2,1-2H3,(H2,15,16,17). The fourth-order valence-corrected chi connectivity index (χ4v) is 2.49. The van der Waals surface area contributed by atoms with Crippen molar-refractivity contribution in [2.45, 2.75) is 44.7 Å². The predicted molar refractivity (Wildman–Crippen MR) is 75.6 cm³/mol. The average Bonchev–Trinajstić information content (AvgIpc) is 2.81. The molecule has 0 saturated heterocycles. The molecule has 1 fully saturated rings. The Morgan fingerprint density at radius 1 is 1.39 bits per heavy atom. The lowest BCUT2D eigenvalue weighted by Gasteiger charge is -2.24. The lowest BCUT2D eigenvalue weighted by molar-refractivity contribution is 0.410. The van der Waals surface area contributed by atoms with Gasteiger partial charge in [-0.25, -0.2) is 0 Å². The van der Waals surface area contributed by atoms with E-state index < -0.39 is 0 Å². The Kier molecular flexibility index (Phi) is 4.67. The number of nitrogens with one attached hydrogen (secondary N) is 2. The molecular weight excluding hydrogens is 224 g/mol. The van der Waals surface area contributed by atoms with E-state index >= 15 is 0 Å². The molecule has 1 aromatic heterocycles. The van der Waals surface area contributed by atoms with E-state index in [1.54, 1.807) is 0 Å². The number of hydrogen-bond donors (Lipinski definition) is 2.